The molecule has 0 bridgehead atoms. The van der Waals surface area contributed by atoms with Gasteiger partial charge in [-0.1, -0.05) is 12.1 Å². The molecule has 0 atom stereocenters. The van der Waals surface area contributed by atoms with Gasteiger partial charge in [0.2, 0.25) is 0 Å². The van der Waals surface area contributed by atoms with Crippen molar-refractivity contribution in [1.82, 2.24) is 9.88 Å². The number of carbonyl (C=O) groups excluding carboxylic acids is 2. The molecule has 2 heterocycles. The number of ether oxygens (including phenoxy) is 2. The van der Waals surface area contributed by atoms with E-state index in [1.54, 1.807) is 20.8 Å². The number of nitrogens with zero attached hydrogens (tertiary/aromatic N) is 1. The Morgan fingerprint density at radius 1 is 1.18 bits per heavy atom. The van der Waals surface area contributed by atoms with E-state index in [1.165, 1.54) is 16.7 Å². The SMILES string of the molecule is CC(C)(C)OC(=O)CNC(=O)c1c(O)c2c(n(Cc3ccc(C(F)(F)F)cc3)c1=O)CCOC2. The van der Waals surface area contributed by atoms with Crippen LogP contribution in [0.25, 0.3) is 0 Å². The van der Waals surface area contributed by atoms with Crippen LogP contribution >= 0.6 is 0 Å². The van der Waals surface area contributed by atoms with Gasteiger partial charge in [-0.25, -0.2) is 0 Å². The largest absolute Gasteiger partial charge is 0.506 e. The van der Waals surface area contributed by atoms with Gasteiger partial charge >= 0.3 is 12.1 Å². The van der Waals surface area contributed by atoms with Gasteiger partial charge in [0, 0.05) is 17.7 Å². The topological polar surface area (TPSA) is 107 Å². The highest BCUT2D eigenvalue weighted by Gasteiger charge is 2.31. The Bertz CT molecular complexity index is 1150. The van der Waals surface area contributed by atoms with Crippen molar-refractivity contribution in [3.8, 4) is 5.75 Å². The minimum atomic E-state index is -4.50. The van der Waals surface area contributed by atoms with Crippen LogP contribution in [0.1, 0.15) is 53.5 Å². The summed E-state index contributed by atoms with van der Waals surface area (Å²) in [6.45, 7) is 4.53. The zero-order valence-corrected chi connectivity index (χ0v) is 18.9. The highest BCUT2D eigenvalue weighted by Crippen LogP contribution is 2.30. The Balaban J connectivity index is 1.94. The van der Waals surface area contributed by atoms with E-state index in [1.807, 2.05) is 0 Å². The van der Waals surface area contributed by atoms with Gasteiger partial charge in [0.05, 0.1) is 25.3 Å². The molecule has 0 unspecified atom stereocenters. The molecule has 2 aromatic rings. The lowest BCUT2D eigenvalue weighted by Gasteiger charge is -2.24. The van der Waals surface area contributed by atoms with Crippen LogP contribution in [0.5, 0.6) is 5.75 Å². The van der Waals surface area contributed by atoms with Crippen molar-refractivity contribution in [2.45, 2.75) is 52.1 Å². The fourth-order valence-electron chi connectivity index (χ4n) is 3.56. The lowest BCUT2D eigenvalue weighted by molar-refractivity contribution is -0.153. The Morgan fingerprint density at radius 3 is 2.41 bits per heavy atom. The summed E-state index contributed by atoms with van der Waals surface area (Å²) in [5, 5.41) is 12.9. The van der Waals surface area contributed by atoms with E-state index < -0.39 is 52.6 Å². The van der Waals surface area contributed by atoms with E-state index in [0.29, 0.717) is 11.3 Å². The number of fused-ring (bicyclic) bond motifs is 1. The summed E-state index contributed by atoms with van der Waals surface area (Å²) in [6.07, 6.45) is -4.23. The molecule has 1 amide bonds. The fourth-order valence-corrected chi connectivity index (χ4v) is 3.56. The molecule has 0 aliphatic carbocycles. The minimum Gasteiger partial charge on any atom is -0.506 e. The molecule has 0 radical (unpaired) electrons. The quantitative estimate of drug-likeness (QED) is 0.635. The molecule has 11 heteroatoms. The number of hydrogen-bond donors (Lipinski definition) is 2. The normalized spacial score (nSPS) is 13.8. The molecule has 0 fully saturated rings. The first-order valence-corrected chi connectivity index (χ1v) is 10.5. The van der Waals surface area contributed by atoms with Crippen LogP contribution in [0, 0.1) is 0 Å². The maximum Gasteiger partial charge on any atom is 0.416 e. The standard InChI is InChI=1S/C23H25F3N2O6/c1-22(2,3)34-17(29)10-27-20(31)18-19(30)15-12-33-9-8-16(15)28(21(18)32)11-13-4-6-14(7-5-13)23(24,25)26/h4-7,30H,8-12H2,1-3H3,(H,27,31). The molecular weight excluding hydrogens is 457 g/mol. The number of aromatic nitrogens is 1. The van der Waals surface area contributed by atoms with Crippen molar-refractivity contribution >= 4 is 11.9 Å². The number of rotatable bonds is 5. The van der Waals surface area contributed by atoms with Crippen molar-refractivity contribution in [3.63, 3.8) is 0 Å². The van der Waals surface area contributed by atoms with Gasteiger partial charge in [-0.15, -0.1) is 0 Å². The predicted molar refractivity (Wildman–Crippen MR) is 114 cm³/mol. The second-order valence-electron chi connectivity index (χ2n) is 8.81. The molecule has 184 valence electrons. The van der Waals surface area contributed by atoms with E-state index in [-0.39, 0.29) is 31.7 Å². The molecule has 8 nitrogen and oxygen atoms in total. The smallest absolute Gasteiger partial charge is 0.416 e. The molecule has 1 aromatic heterocycles. The van der Waals surface area contributed by atoms with Gasteiger partial charge in [-0.05, 0) is 38.5 Å². The number of benzene rings is 1. The van der Waals surface area contributed by atoms with Crippen LogP contribution in [-0.4, -0.2) is 40.3 Å². The lowest BCUT2D eigenvalue weighted by Crippen LogP contribution is -2.39. The van der Waals surface area contributed by atoms with Crippen LogP contribution in [0.15, 0.2) is 29.1 Å². The zero-order valence-electron chi connectivity index (χ0n) is 18.9. The Hall–Kier alpha value is -3.34. The van der Waals surface area contributed by atoms with Crippen LogP contribution in [0.3, 0.4) is 0 Å². The number of hydrogen-bond acceptors (Lipinski definition) is 6. The summed E-state index contributed by atoms with van der Waals surface area (Å²) in [7, 11) is 0. The summed E-state index contributed by atoms with van der Waals surface area (Å²) < 4.78 is 50.3. The van der Waals surface area contributed by atoms with E-state index in [2.05, 4.69) is 5.32 Å². The van der Waals surface area contributed by atoms with Gasteiger partial charge in [0.1, 0.15) is 23.5 Å². The fraction of sp³-hybridized carbons (Fsp3) is 0.435. The maximum absolute atomic E-state index is 13.2. The first kappa shape index (κ1) is 25.3. The number of nitrogens with one attached hydrogen (secondary N) is 1. The van der Waals surface area contributed by atoms with Crippen LogP contribution in [-0.2, 0) is 40.0 Å². The summed E-state index contributed by atoms with van der Waals surface area (Å²) in [5.41, 5.74) is -1.96. The van der Waals surface area contributed by atoms with Crippen molar-refractivity contribution < 1.29 is 37.3 Å². The average molecular weight is 482 g/mol. The molecule has 1 aliphatic rings. The van der Waals surface area contributed by atoms with E-state index >= 15 is 0 Å². The monoisotopic (exact) mass is 482 g/mol. The second kappa shape index (κ2) is 9.49. The third-order valence-corrected chi connectivity index (χ3v) is 5.05. The third-order valence-electron chi connectivity index (χ3n) is 5.05. The highest BCUT2D eigenvalue weighted by atomic mass is 19.4. The highest BCUT2D eigenvalue weighted by molar-refractivity contribution is 5.98. The lowest BCUT2D eigenvalue weighted by atomic mass is 10.0. The zero-order chi connectivity index (χ0) is 25.3. The Labute approximate surface area is 193 Å². The molecular formula is C23H25F3N2O6. The molecule has 3 rings (SSSR count). The molecule has 0 saturated carbocycles. The number of aromatic hydroxyl groups is 1. The number of carbonyl (C=O) groups is 2. The molecule has 1 aliphatic heterocycles. The van der Waals surface area contributed by atoms with Gasteiger partial charge in [-0.3, -0.25) is 14.4 Å². The summed E-state index contributed by atoms with van der Waals surface area (Å²) in [5.74, 6) is -2.26. The van der Waals surface area contributed by atoms with Crippen molar-refractivity contribution in [3.05, 3.63) is 62.6 Å². The predicted octanol–water partition coefficient (Wildman–Crippen LogP) is 2.77. The molecule has 34 heavy (non-hydrogen) atoms. The number of amides is 1. The second-order valence-corrected chi connectivity index (χ2v) is 8.81. The number of alkyl halides is 3. The molecule has 2 N–H and O–H groups in total. The molecule has 0 spiro atoms. The van der Waals surface area contributed by atoms with Crippen molar-refractivity contribution in [1.29, 1.82) is 0 Å². The van der Waals surface area contributed by atoms with E-state index in [9.17, 15) is 32.7 Å². The van der Waals surface area contributed by atoms with E-state index in [0.717, 1.165) is 12.1 Å². The molecule has 1 aromatic carbocycles. The Kier molecular flexibility index (Phi) is 7.06. The van der Waals surface area contributed by atoms with Crippen molar-refractivity contribution in [2.24, 2.45) is 0 Å². The van der Waals surface area contributed by atoms with Crippen molar-refractivity contribution in [2.75, 3.05) is 13.2 Å². The first-order valence-electron chi connectivity index (χ1n) is 10.5. The number of esters is 1. The Morgan fingerprint density at radius 2 is 1.82 bits per heavy atom. The van der Waals surface area contributed by atoms with Crippen LogP contribution in [0.2, 0.25) is 0 Å². The summed E-state index contributed by atoms with van der Waals surface area (Å²) >= 11 is 0. The van der Waals surface area contributed by atoms with Gasteiger partial charge < -0.3 is 24.5 Å². The van der Waals surface area contributed by atoms with Gasteiger partial charge in [-0.2, -0.15) is 13.2 Å². The van der Waals surface area contributed by atoms with Gasteiger partial charge in [0.25, 0.3) is 11.5 Å². The maximum atomic E-state index is 13.2. The van der Waals surface area contributed by atoms with Crippen LogP contribution in [0.4, 0.5) is 13.2 Å². The summed E-state index contributed by atoms with van der Waals surface area (Å²) in [6, 6.07) is 4.31. The number of halogens is 3. The van der Waals surface area contributed by atoms with E-state index in [4.69, 9.17) is 9.47 Å². The molecule has 0 saturated heterocycles. The van der Waals surface area contributed by atoms with Crippen LogP contribution < -0.4 is 10.9 Å². The first-order chi connectivity index (χ1) is 15.8. The average Bonchev–Trinajstić information content (AvgIpc) is 2.74. The summed E-state index contributed by atoms with van der Waals surface area (Å²) in [4.78, 5) is 37.9. The number of pyridine rings is 1. The van der Waals surface area contributed by atoms with Gasteiger partial charge in [0.15, 0.2) is 0 Å². The third kappa shape index (κ3) is 5.77. The minimum absolute atomic E-state index is 0.0548.